The van der Waals surface area contributed by atoms with Crippen LogP contribution in [-0.2, 0) is 21.9 Å². The first kappa shape index (κ1) is 31.5. The van der Waals surface area contributed by atoms with Crippen LogP contribution < -0.4 is 19.9 Å². The molecule has 0 saturated heterocycles. The van der Waals surface area contributed by atoms with Gasteiger partial charge in [0, 0.05) is 39.3 Å². The molecule has 0 aliphatic heterocycles. The molecule has 4 rings (SSSR count). The Morgan fingerprint density at radius 2 is 1.27 bits per heavy atom. The molecule has 0 aromatic heterocycles. The Bertz CT molecular complexity index is 1460. The lowest BCUT2D eigenvalue weighted by atomic mass is 9.86. The number of unbranched alkanes of at least 4 members (excludes halogenated alkanes) is 1. The molecule has 0 aliphatic carbocycles. The number of ether oxygens (including phenoxy) is 1. The highest BCUT2D eigenvalue weighted by Crippen LogP contribution is 2.50. The molecule has 0 aliphatic rings. The summed E-state index contributed by atoms with van der Waals surface area (Å²) in [6.07, 6.45) is 2.89. The first-order valence-electron chi connectivity index (χ1n) is 14.0. The number of aryl methyl sites for hydroxylation is 2. The maximum absolute atomic E-state index is 12.5. The molecule has 0 N–H and O–H groups in total. The number of carbonyl (C=O) groups excluding carboxylic acids is 1. The van der Waals surface area contributed by atoms with E-state index < -0.39 is 8.15 Å². The van der Waals surface area contributed by atoms with Gasteiger partial charge in [-0.3, -0.25) is 4.79 Å². The van der Waals surface area contributed by atoms with Crippen LogP contribution in [0, 0.1) is 20.8 Å². The van der Waals surface area contributed by atoms with Crippen molar-refractivity contribution in [3.8, 4) is 22.6 Å². The van der Waals surface area contributed by atoms with Gasteiger partial charge in [-0.25, -0.2) is 0 Å². The van der Waals surface area contributed by atoms with Crippen molar-refractivity contribution in [3.05, 3.63) is 106 Å². The van der Waals surface area contributed by atoms with E-state index in [0.717, 1.165) is 69.0 Å². The minimum absolute atomic E-state index is 0.320. The Kier molecular flexibility index (Phi) is 11.2. The van der Waals surface area contributed by atoms with Gasteiger partial charge in [0.1, 0.15) is 11.5 Å². The molecular weight excluding hydrogens is 659 g/mol. The first-order valence-corrected chi connectivity index (χ1v) is 17.5. The first-order chi connectivity index (χ1) is 19.8. The second-order valence-electron chi connectivity index (χ2n) is 10.2. The van der Waals surface area contributed by atoms with Gasteiger partial charge in [-0.15, -0.1) is 0 Å². The number of halogens is 2. The third-order valence-electron chi connectivity index (χ3n) is 7.30. The molecule has 6 heteroatoms. The third-order valence-corrected chi connectivity index (χ3v) is 10.4. The summed E-state index contributed by atoms with van der Waals surface area (Å²) in [5, 5.41) is 3.69. The average Bonchev–Trinajstić information content (AvgIpc) is 2.98. The van der Waals surface area contributed by atoms with Gasteiger partial charge in [0.2, 0.25) is 0 Å². The van der Waals surface area contributed by atoms with E-state index >= 15 is 0 Å². The molecule has 0 radical (unpaired) electrons. The normalized spacial score (nSPS) is 11.1. The largest absolute Gasteiger partial charge is 0.464 e. The topological polar surface area (TPSA) is 35.5 Å². The minimum Gasteiger partial charge on any atom is -0.464 e. The standard InChI is InChI=1S/C35H37Br2O3P/c1-6-7-14-27-20-29(22-37)25(4)33(35(27)39-26(5)38)32-24(3)28(21-36)19-23(2)34(32)40-41(30-15-10-8-11-16-30)31-17-12-9-13-18-31/h8-13,15-20H,6-7,14,21-22H2,1-5H3. The van der Waals surface area contributed by atoms with Crippen molar-refractivity contribution in [1.82, 2.24) is 0 Å². The lowest BCUT2D eigenvalue weighted by Gasteiger charge is -2.27. The molecule has 0 atom stereocenters. The molecule has 214 valence electrons. The molecule has 41 heavy (non-hydrogen) atoms. The summed E-state index contributed by atoms with van der Waals surface area (Å²) < 4.78 is 13.3. The van der Waals surface area contributed by atoms with Crippen LogP contribution in [0.3, 0.4) is 0 Å². The Hall–Kier alpha value is -2.46. The SMILES string of the molecule is CCCCc1cc(CBr)c(C)c(-c2c(C)c(CBr)cc(C)c2OP(c2ccccc2)c2ccccc2)c1OC(C)=O. The van der Waals surface area contributed by atoms with Gasteiger partial charge in [0.25, 0.3) is 0 Å². The number of hydrogen-bond acceptors (Lipinski definition) is 3. The Morgan fingerprint density at radius 1 is 0.756 bits per heavy atom. The maximum Gasteiger partial charge on any atom is 0.308 e. The van der Waals surface area contributed by atoms with Crippen molar-refractivity contribution in [2.75, 3.05) is 0 Å². The zero-order valence-electron chi connectivity index (χ0n) is 24.4. The number of alkyl halides is 2. The summed E-state index contributed by atoms with van der Waals surface area (Å²) >= 11 is 7.45. The van der Waals surface area contributed by atoms with Crippen molar-refractivity contribution in [3.63, 3.8) is 0 Å². The highest BCUT2D eigenvalue weighted by molar-refractivity contribution is 9.08. The number of benzene rings is 4. The van der Waals surface area contributed by atoms with Crippen LogP contribution in [0.25, 0.3) is 11.1 Å². The van der Waals surface area contributed by atoms with Crippen LogP contribution in [-0.4, -0.2) is 5.97 Å². The van der Waals surface area contributed by atoms with Crippen molar-refractivity contribution in [1.29, 1.82) is 0 Å². The highest BCUT2D eigenvalue weighted by Gasteiger charge is 2.28. The Labute approximate surface area is 262 Å². The van der Waals surface area contributed by atoms with E-state index in [2.05, 4.69) is 120 Å². The van der Waals surface area contributed by atoms with Gasteiger partial charge in [-0.1, -0.05) is 118 Å². The van der Waals surface area contributed by atoms with E-state index in [1.807, 2.05) is 12.1 Å². The molecule has 0 unspecified atom stereocenters. The summed E-state index contributed by atoms with van der Waals surface area (Å²) in [5.74, 6) is 1.16. The molecule has 4 aromatic rings. The van der Waals surface area contributed by atoms with Crippen molar-refractivity contribution >= 4 is 56.6 Å². The van der Waals surface area contributed by atoms with E-state index in [0.29, 0.717) is 16.4 Å². The predicted molar refractivity (Wildman–Crippen MR) is 181 cm³/mol. The van der Waals surface area contributed by atoms with Crippen molar-refractivity contribution in [2.45, 2.75) is 64.5 Å². The smallest absolute Gasteiger partial charge is 0.308 e. The van der Waals surface area contributed by atoms with Crippen LogP contribution in [0.1, 0.15) is 60.1 Å². The zero-order valence-corrected chi connectivity index (χ0v) is 28.5. The maximum atomic E-state index is 12.5. The molecule has 4 aromatic carbocycles. The predicted octanol–water partition coefficient (Wildman–Crippen LogP) is 9.76. The van der Waals surface area contributed by atoms with E-state index in [-0.39, 0.29) is 5.97 Å². The fraction of sp³-hybridized carbons (Fsp3) is 0.286. The Balaban J connectivity index is 2.07. The van der Waals surface area contributed by atoms with Gasteiger partial charge >= 0.3 is 5.97 Å². The number of rotatable bonds is 11. The number of hydrogen-bond donors (Lipinski definition) is 0. The summed E-state index contributed by atoms with van der Waals surface area (Å²) in [6.45, 7) is 10.0. The van der Waals surface area contributed by atoms with E-state index in [1.165, 1.54) is 18.1 Å². The Morgan fingerprint density at radius 3 is 1.76 bits per heavy atom. The molecule has 0 amide bonds. The molecule has 0 spiro atoms. The molecule has 0 heterocycles. The molecule has 3 nitrogen and oxygen atoms in total. The summed E-state index contributed by atoms with van der Waals surface area (Å²) in [5.41, 5.74) is 8.60. The van der Waals surface area contributed by atoms with E-state index in [4.69, 9.17) is 9.26 Å². The molecular formula is C35H37Br2O3P. The van der Waals surface area contributed by atoms with Gasteiger partial charge in [-0.05, 0) is 67.0 Å². The van der Waals surface area contributed by atoms with Crippen molar-refractivity contribution in [2.24, 2.45) is 0 Å². The van der Waals surface area contributed by atoms with Crippen LogP contribution in [0.15, 0.2) is 72.8 Å². The summed E-state index contributed by atoms with van der Waals surface area (Å²) in [7, 11) is -1.17. The third kappa shape index (κ3) is 7.13. The second-order valence-corrected chi connectivity index (χ2v) is 13.2. The molecule has 0 fully saturated rings. The van der Waals surface area contributed by atoms with Gasteiger partial charge in [-0.2, -0.15) is 0 Å². The van der Waals surface area contributed by atoms with Gasteiger partial charge in [0.15, 0.2) is 8.15 Å². The monoisotopic (exact) mass is 694 g/mol. The van der Waals surface area contributed by atoms with Gasteiger partial charge in [0.05, 0.1) is 0 Å². The second kappa shape index (κ2) is 14.6. The van der Waals surface area contributed by atoms with Crippen molar-refractivity contribution < 1.29 is 14.1 Å². The minimum atomic E-state index is -1.17. The zero-order chi connectivity index (χ0) is 29.5. The number of esters is 1. The number of carbonyl (C=O) groups is 1. The van der Waals surface area contributed by atoms with Gasteiger partial charge < -0.3 is 9.26 Å². The summed E-state index contributed by atoms with van der Waals surface area (Å²) in [6, 6.07) is 25.3. The van der Waals surface area contributed by atoms with E-state index in [1.54, 1.807) is 0 Å². The van der Waals surface area contributed by atoms with E-state index in [9.17, 15) is 4.79 Å². The fourth-order valence-electron chi connectivity index (χ4n) is 5.12. The lowest BCUT2D eigenvalue weighted by molar-refractivity contribution is -0.131. The lowest BCUT2D eigenvalue weighted by Crippen LogP contribution is -2.16. The van der Waals surface area contributed by atoms with Crippen LogP contribution in [0.4, 0.5) is 0 Å². The van der Waals surface area contributed by atoms with Crippen LogP contribution >= 0.6 is 40.0 Å². The molecule has 0 bridgehead atoms. The molecule has 0 saturated carbocycles. The fourth-order valence-corrected chi connectivity index (χ4v) is 8.10. The van der Waals surface area contributed by atoms with Crippen LogP contribution in [0.2, 0.25) is 0 Å². The average molecular weight is 696 g/mol. The highest BCUT2D eigenvalue weighted by atomic mass is 79.9. The summed E-state index contributed by atoms with van der Waals surface area (Å²) in [4.78, 5) is 12.5. The quantitative estimate of drug-likeness (QED) is 0.0678. The van der Waals surface area contributed by atoms with Crippen LogP contribution in [0.5, 0.6) is 11.5 Å².